The fourth-order valence-electron chi connectivity index (χ4n) is 9.03. The molecule has 2 bridgehead atoms. The van der Waals surface area contributed by atoms with Crippen molar-refractivity contribution in [1.82, 2.24) is 9.29 Å². The Bertz CT molecular complexity index is 1450. The van der Waals surface area contributed by atoms with Crippen molar-refractivity contribution < 1.29 is 13.2 Å². The van der Waals surface area contributed by atoms with Gasteiger partial charge in [0.2, 0.25) is 10.0 Å². The molecule has 2 spiro atoms. The van der Waals surface area contributed by atoms with E-state index in [1.165, 1.54) is 50.9 Å². The molecule has 2 saturated carbocycles. The number of benzene rings is 1. The lowest BCUT2D eigenvalue weighted by Crippen LogP contribution is -2.54. The van der Waals surface area contributed by atoms with Gasteiger partial charge in [-0.1, -0.05) is 31.2 Å². The second-order valence-electron chi connectivity index (χ2n) is 12.8. The number of fused-ring (bicyclic) bond motifs is 2. The van der Waals surface area contributed by atoms with Crippen LogP contribution in [0.15, 0.2) is 60.0 Å². The molecule has 6 heteroatoms. The molecular weight excluding hydrogens is 480 g/mol. The molecule has 2 aliphatic heterocycles. The number of ether oxygens (including phenoxy) is 1. The fraction of sp³-hybridized carbons (Fsp3) is 0.581. The normalized spacial score (nSPS) is 38.6. The Morgan fingerprint density at radius 3 is 2.84 bits per heavy atom. The van der Waals surface area contributed by atoms with Gasteiger partial charge >= 0.3 is 0 Å². The molecule has 6 atom stereocenters. The van der Waals surface area contributed by atoms with Crippen LogP contribution < -0.4 is 0 Å². The van der Waals surface area contributed by atoms with E-state index < -0.39 is 10.0 Å². The van der Waals surface area contributed by atoms with E-state index in [-0.39, 0.29) is 16.6 Å². The first-order valence-electron chi connectivity index (χ1n) is 14.0. The molecule has 2 aromatic rings. The lowest BCUT2D eigenvalue weighted by Gasteiger charge is -2.54. The maximum atomic E-state index is 12.1. The van der Waals surface area contributed by atoms with Gasteiger partial charge in [-0.15, -0.1) is 0 Å². The summed E-state index contributed by atoms with van der Waals surface area (Å²) in [7, 11) is -1.46. The zero-order valence-electron chi connectivity index (χ0n) is 22.2. The molecule has 37 heavy (non-hydrogen) atoms. The summed E-state index contributed by atoms with van der Waals surface area (Å²) in [5, 5.41) is 2.48. The topological polar surface area (TPSA) is 59.5 Å². The molecule has 1 unspecified atom stereocenters. The van der Waals surface area contributed by atoms with Gasteiger partial charge in [-0.25, -0.2) is 12.7 Å². The first-order valence-corrected chi connectivity index (χ1v) is 15.8. The lowest BCUT2D eigenvalue weighted by atomic mass is 9.58. The molecule has 196 valence electrons. The van der Waals surface area contributed by atoms with Crippen LogP contribution in [-0.4, -0.2) is 48.8 Å². The molecule has 3 heterocycles. The van der Waals surface area contributed by atoms with Gasteiger partial charge in [-0.05, 0) is 109 Å². The fourth-order valence-corrected chi connectivity index (χ4v) is 9.51. The van der Waals surface area contributed by atoms with Crippen LogP contribution in [0.5, 0.6) is 0 Å². The zero-order chi connectivity index (χ0) is 25.6. The molecule has 5 nitrogen and oxygen atoms in total. The van der Waals surface area contributed by atoms with Crippen LogP contribution in [0, 0.1) is 17.3 Å². The quantitative estimate of drug-likeness (QED) is 0.499. The van der Waals surface area contributed by atoms with Gasteiger partial charge in [0.05, 0.1) is 17.5 Å². The summed E-state index contributed by atoms with van der Waals surface area (Å²) in [6.45, 7) is 3.11. The molecule has 1 aromatic carbocycles. The third-order valence-electron chi connectivity index (χ3n) is 10.9. The minimum Gasteiger partial charge on any atom is -0.359 e. The van der Waals surface area contributed by atoms with Crippen LogP contribution in [0.1, 0.15) is 69.8 Å². The Morgan fingerprint density at radius 2 is 2.00 bits per heavy atom. The minimum atomic E-state index is -3.17. The van der Waals surface area contributed by atoms with Gasteiger partial charge in [0.1, 0.15) is 0 Å². The summed E-state index contributed by atoms with van der Waals surface area (Å²) in [5.74, 6) is 1.36. The zero-order valence-corrected chi connectivity index (χ0v) is 23.1. The van der Waals surface area contributed by atoms with E-state index in [9.17, 15) is 8.42 Å². The van der Waals surface area contributed by atoms with Gasteiger partial charge in [-0.2, -0.15) is 0 Å². The van der Waals surface area contributed by atoms with Crippen molar-refractivity contribution in [2.45, 2.75) is 75.4 Å². The van der Waals surface area contributed by atoms with E-state index in [0.717, 1.165) is 38.5 Å². The van der Waals surface area contributed by atoms with Crippen LogP contribution >= 0.6 is 0 Å². The number of nitrogens with zero attached hydrogens (tertiary/aromatic N) is 2. The van der Waals surface area contributed by atoms with E-state index >= 15 is 0 Å². The van der Waals surface area contributed by atoms with E-state index in [0.29, 0.717) is 24.3 Å². The molecule has 0 amide bonds. The molecule has 5 aliphatic rings. The van der Waals surface area contributed by atoms with E-state index in [2.05, 4.69) is 48.3 Å². The molecule has 7 rings (SSSR count). The SMILES string of the molecule is CN(CC1CCC2=CC3=CC[C@]4(C)[C@@H](c5ccc6ccncc6c5)CC[C@H]4[C@@]34CC[C@]2(C1)O4)S(C)(=O)=O. The number of hydrogen-bond acceptors (Lipinski definition) is 4. The van der Waals surface area contributed by atoms with Crippen molar-refractivity contribution in [3.05, 3.63) is 65.5 Å². The minimum absolute atomic E-state index is 0.167. The van der Waals surface area contributed by atoms with E-state index in [1.54, 1.807) is 7.05 Å². The van der Waals surface area contributed by atoms with Crippen LogP contribution in [-0.2, 0) is 14.8 Å². The summed E-state index contributed by atoms with van der Waals surface area (Å²) in [4.78, 5) is 4.37. The first-order chi connectivity index (χ1) is 17.6. The highest BCUT2D eigenvalue weighted by atomic mass is 32.2. The Hall–Kier alpha value is -2.02. The number of aromatic nitrogens is 1. The Morgan fingerprint density at radius 1 is 1.14 bits per heavy atom. The lowest BCUT2D eigenvalue weighted by molar-refractivity contribution is -0.139. The Balaban J connectivity index is 1.21. The molecular formula is C31H38N2O3S. The number of allylic oxidation sites excluding steroid dienone is 1. The highest BCUT2D eigenvalue weighted by Crippen LogP contribution is 2.69. The third-order valence-corrected chi connectivity index (χ3v) is 12.2. The van der Waals surface area contributed by atoms with E-state index in [1.807, 2.05) is 12.4 Å². The average Bonchev–Trinajstić information content (AvgIpc) is 3.38. The standard InChI is InChI=1S/C31H38N2O3S/c1-29-12-10-26-17-25-7-4-21(20-33(2)37(3,34)35)18-30(25)13-14-31(26,36-30)28(29)9-8-27(29)23-6-5-22-11-15-32-19-24(22)16-23/h5-6,10-11,15-17,19,21,27-28H,4,7-9,12-14,18,20H2,1-3H3/t21?,27-,28-,29-,30-,31-/m1/s1. The summed E-state index contributed by atoms with van der Waals surface area (Å²) in [5.41, 5.74) is 4.12. The molecule has 0 radical (unpaired) electrons. The monoisotopic (exact) mass is 518 g/mol. The maximum Gasteiger partial charge on any atom is 0.210 e. The van der Waals surface area contributed by atoms with Crippen LogP contribution in [0.25, 0.3) is 10.8 Å². The molecule has 3 fully saturated rings. The van der Waals surface area contributed by atoms with E-state index in [4.69, 9.17) is 4.74 Å². The molecule has 1 aromatic heterocycles. The van der Waals surface area contributed by atoms with Crippen LogP contribution in [0.2, 0.25) is 0 Å². The summed E-state index contributed by atoms with van der Waals surface area (Å²) < 4.78 is 33.1. The number of hydrogen-bond donors (Lipinski definition) is 0. The number of pyridine rings is 1. The van der Waals surface area contributed by atoms with Crippen LogP contribution in [0.4, 0.5) is 0 Å². The first kappa shape index (κ1) is 24.1. The van der Waals surface area contributed by atoms with Crippen molar-refractivity contribution in [3.63, 3.8) is 0 Å². The van der Waals surface area contributed by atoms with Gasteiger partial charge in [0.15, 0.2) is 0 Å². The van der Waals surface area contributed by atoms with Gasteiger partial charge in [-0.3, -0.25) is 4.98 Å². The highest BCUT2D eigenvalue weighted by molar-refractivity contribution is 7.88. The average molecular weight is 519 g/mol. The van der Waals surface area contributed by atoms with Gasteiger partial charge < -0.3 is 4.74 Å². The van der Waals surface area contributed by atoms with Crippen molar-refractivity contribution in [2.75, 3.05) is 19.8 Å². The van der Waals surface area contributed by atoms with Gasteiger partial charge in [0, 0.05) is 31.4 Å². The Labute approximate surface area is 221 Å². The highest BCUT2D eigenvalue weighted by Gasteiger charge is 2.66. The predicted molar refractivity (Wildman–Crippen MR) is 147 cm³/mol. The van der Waals surface area contributed by atoms with Crippen molar-refractivity contribution >= 4 is 20.8 Å². The largest absolute Gasteiger partial charge is 0.359 e. The summed E-state index contributed by atoms with van der Waals surface area (Å²) >= 11 is 0. The smallest absolute Gasteiger partial charge is 0.210 e. The molecule has 1 saturated heterocycles. The van der Waals surface area contributed by atoms with Crippen LogP contribution in [0.3, 0.4) is 0 Å². The van der Waals surface area contributed by atoms with Crippen molar-refractivity contribution in [3.8, 4) is 0 Å². The van der Waals surface area contributed by atoms with Gasteiger partial charge in [0.25, 0.3) is 0 Å². The maximum absolute atomic E-state index is 12.1. The summed E-state index contributed by atoms with van der Waals surface area (Å²) in [6, 6.07) is 9.07. The molecule has 3 aliphatic carbocycles. The number of rotatable bonds is 4. The second-order valence-corrected chi connectivity index (χ2v) is 14.9. The third kappa shape index (κ3) is 3.48. The Kier molecular flexibility index (Phi) is 5.20. The molecule has 0 N–H and O–H groups in total. The number of sulfonamides is 1. The predicted octanol–water partition coefficient (Wildman–Crippen LogP) is 5.98. The van der Waals surface area contributed by atoms with Crippen molar-refractivity contribution in [1.29, 1.82) is 0 Å². The summed E-state index contributed by atoms with van der Waals surface area (Å²) in [6.07, 6.45) is 18.9. The van der Waals surface area contributed by atoms with Crippen molar-refractivity contribution in [2.24, 2.45) is 17.3 Å². The second kappa shape index (κ2) is 8.00.